The van der Waals surface area contributed by atoms with Crippen molar-refractivity contribution in [2.24, 2.45) is 0 Å². The summed E-state index contributed by atoms with van der Waals surface area (Å²) in [5, 5.41) is 0. The van der Waals surface area contributed by atoms with Crippen molar-refractivity contribution in [1.29, 1.82) is 0 Å². The molecule has 5 nitrogen and oxygen atoms in total. The highest BCUT2D eigenvalue weighted by Gasteiger charge is 2.30. The van der Waals surface area contributed by atoms with Crippen LogP contribution in [-0.2, 0) is 4.74 Å². The summed E-state index contributed by atoms with van der Waals surface area (Å²) in [6.07, 6.45) is 3.09. The Hall–Kier alpha value is -1.46. The zero-order chi connectivity index (χ0) is 16.4. The van der Waals surface area contributed by atoms with Gasteiger partial charge >= 0.3 is 0 Å². The monoisotopic (exact) mass is 319 g/mol. The summed E-state index contributed by atoms with van der Waals surface area (Å²) in [5.41, 5.74) is 7.82. The molecular weight excluding hydrogens is 290 g/mol. The molecule has 23 heavy (non-hydrogen) atoms. The predicted octanol–water partition coefficient (Wildman–Crippen LogP) is 2.36. The van der Waals surface area contributed by atoms with Crippen molar-refractivity contribution >= 4 is 11.4 Å². The van der Waals surface area contributed by atoms with E-state index in [1.807, 2.05) is 6.07 Å². The molecule has 0 spiro atoms. The molecule has 2 aliphatic heterocycles. The normalized spacial score (nSPS) is 27.2. The lowest BCUT2D eigenvalue weighted by Crippen LogP contribution is -2.53. The molecule has 2 saturated heterocycles. The number of nitrogens with zero attached hydrogens (tertiary/aromatic N) is 2. The second kappa shape index (κ2) is 6.97. The van der Waals surface area contributed by atoms with Gasteiger partial charge in [0.25, 0.3) is 0 Å². The first-order valence-corrected chi connectivity index (χ1v) is 8.64. The maximum Gasteiger partial charge on any atom is 0.143 e. The van der Waals surface area contributed by atoms with Crippen molar-refractivity contribution < 1.29 is 9.47 Å². The second-order valence-corrected chi connectivity index (χ2v) is 6.86. The molecule has 2 N–H and O–H groups in total. The number of morpholine rings is 1. The molecular formula is C18H29N3O2. The largest absolute Gasteiger partial charge is 0.495 e. The highest BCUT2D eigenvalue weighted by Crippen LogP contribution is 2.30. The van der Waals surface area contributed by atoms with E-state index >= 15 is 0 Å². The van der Waals surface area contributed by atoms with Gasteiger partial charge < -0.3 is 20.1 Å². The molecule has 5 heteroatoms. The molecule has 1 aromatic rings. The molecule has 2 fully saturated rings. The molecule has 0 aliphatic carbocycles. The van der Waals surface area contributed by atoms with Gasteiger partial charge in [-0.05, 0) is 38.8 Å². The Labute approximate surface area is 139 Å². The van der Waals surface area contributed by atoms with Crippen LogP contribution in [0.15, 0.2) is 18.2 Å². The third-order valence-corrected chi connectivity index (χ3v) is 5.01. The van der Waals surface area contributed by atoms with Crippen LogP contribution in [0.25, 0.3) is 0 Å². The van der Waals surface area contributed by atoms with Gasteiger partial charge in [0, 0.05) is 44.0 Å². The Balaban J connectivity index is 1.60. The van der Waals surface area contributed by atoms with Gasteiger partial charge in [-0.1, -0.05) is 0 Å². The molecule has 0 saturated carbocycles. The van der Waals surface area contributed by atoms with E-state index < -0.39 is 0 Å². The number of hydrogen-bond donors (Lipinski definition) is 1. The van der Waals surface area contributed by atoms with Crippen molar-refractivity contribution in [2.75, 3.05) is 43.9 Å². The van der Waals surface area contributed by atoms with Gasteiger partial charge in [-0.3, -0.25) is 4.90 Å². The smallest absolute Gasteiger partial charge is 0.143 e. The number of hydrogen-bond acceptors (Lipinski definition) is 5. The Morgan fingerprint density at radius 2 is 1.78 bits per heavy atom. The zero-order valence-electron chi connectivity index (χ0n) is 14.5. The number of benzene rings is 1. The van der Waals surface area contributed by atoms with E-state index in [4.69, 9.17) is 15.2 Å². The summed E-state index contributed by atoms with van der Waals surface area (Å²) < 4.78 is 11.2. The third kappa shape index (κ3) is 3.72. The van der Waals surface area contributed by atoms with Crippen molar-refractivity contribution in [1.82, 2.24) is 4.90 Å². The van der Waals surface area contributed by atoms with E-state index in [-0.39, 0.29) is 0 Å². The lowest BCUT2D eigenvalue weighted by molar-refractivity contribution is -0.0826. The summed E-state index contributed by atoms with van der Waals surface area (Å²) in [5.74, 6) is 0.764. The van der Waals surface area contributed by atoms with E-state index in [2.05, 4.69) is 35.8 Å². The first kappa shape index (κ1) is 16.4. The first-order chi connectivity index (χ1) is 11.1. The Morgan fingerprint density at radius 3 is 2.39 bits per heavy atom. The minimum atomic E-state index is 0.345. The Kier molecular flexibility index (Phi) is 4.97. The molecule has 0 radical (unpaired) electrons. The van der Waals surface area contributed by atoms with Crippen molar-refractivity contribution in [2.45, 2.75) is 44.9 Å². The van der Waals surface area contributed by atoms with Crippen LogP contribution in [0.3, 0.4) is 0 Å². The van der Waals surface area contributed by atoms with Gasteiger partial charge in [-0.15, -0.1) is 0 Å². The number of piperidine rings is 1. The van der Waals surface area contributed by atoms with E-state index in [1.54, 1.807) is 7.11 Å². The molecule has 0 amide bonds. The predicted molar refractivity (Wildman–Crippen MR) is 94.2 cm³/mol. The van der Waals surface area contributed by atoms with Crippen molar-refractivity contribution in [3.05, 3.63) is 18.2 Å². The van der Waals surface area contributed by atoms with E-state index in [9.17, 15) is 0 Å². The van der Waals surface area contributed by atoms with Crippen LogP contribution >= 0.6 is 0 Å². The maximum atomic E-state index is 5.91. The van der Waals surface area contributed by atoms with Crippen LogP contribution in [0.1, 0.15) is 26.7 Å². The third-order valence-electron chi connectivity index (χ3n) is 5.01. The molecule has 1 aromatic carbocycles. The Morgan fingerprint density at radius 1 is 1.13 bits per heavy atom. The first-order valence-electron chi connectivity index (χ1n) is 8.64. The fraction of sp³-hybridized carbons (Fsp3) is 0.667. The molecule has 2 heterocycles. The van der Waals surface area contributed by atoms with Crippen molar-refractivity contribution in [3.8, 4) is 5.75 Å². The molecule has 0 bridgehead atoms. The molecule has 128 valence electrons. The number of anilines is 2. The van der Waals surface area contributed by atoms with Crippen LogP contribution in [0.2, 0.25) is 0 Å². The van der Waals surface area contributed by atoms with Gasteiger partial charge in [-0.25, -0.2) is 0 Å². The van der Waals surface area contributed by atoms with Crippen LogP contribution in [0, 0.1) is 0 Å². The molecule has 2 aliphatic rings. The minimum absolute atomic E-state index is 0.345. The van der Waals surface area contributed by atoms with E-state index in [0.29, 0.717) is 23.9 Å². The molecule has 0 aromatic heterocycles. The van der Waals surface area contributed by atoms with Gasteiger partial charge in [-0.2, -0.15) is 0 Å². The van der Waals surface area contributed by atoms with Crippen LogP contribution in [0.4, 0.5) is 11.4 Å². The molecule has 3 rings (SSSR count). The number of ether oxygens (including phenoxy) is 2. The lowest BCUT2D eigenvalue weighted by atomic mass is 10.0. The fourth-order valence-corrected chi connectivity index (χ4v) is 3.90. The quantitative estimate of drug-likeness (QED) is 0.867. The van der Waals surface area contributed by atoms with Gasteiger partial charge in [0.2, 0.25) is 0 Å². The van der Waals surface area contributed by atoms with Crippen molar-refractivity contribution in [3.63, 3.8) is 0 Å². The fourth-order valence-electron chi connectivity index (χ4n) is 3.90. The summed E-state index contributed by atoms with van der Waals surface area (Å²) in [7, 11) is 1.67. The lowest BCUT2D eigenvalue weighted by Gasteiger charge is -2.44. The highest BCUT2D eigenvalue weighted by molar-refractivity contribution is 5.62. The summed E-state index contributed by atoms with van der Waals surface area (Å²) >= 11 is 0. The number of rotatable bonds is 3. The van der Waals surface area contributed by atoms with E-state index in [1.165, 1.54) is 18.5 Å². The summed E-state index contributed by atoms with van der Waals surface area (Å²) in [6.45, 7) is 8.64. The topological polar surface area (TPSA) is 51.0 Å². The van der Waals surface area contributed by atoms with Crippen LogP contribution in [-0.4, -0.2) is 56.4 Å². The highest BCUT2D eigenvalue weighted by atomic mass is 16.5. The van der Waals surface area contributed by atoms with Crippen LogP contribution < -0.4 is 15.4 Å². The van der Waals surface area contributed by atoms with Crippen LogP contribution in [0.5, 0.6) is 5.75 Å². The van der Waals surface area contributed by atoms with Gasteiger partial charge in [0.15, 0.2) is 0 Å². The standard InChI is InChI=1S/C18H29N3O2/c1-13-11-21(12-14(2)23-13)15-6-8-20(9-7-15)16-4-5-17(19)18(10-16)22-3/h4-5,10,13-15H,6-9,11-12,19H2,1-3H3/t13-,14+. The summed E-state index contributed by atoms with van der Waals surface area (Å²) in [6, 6.07) is 6.76. The van der Waals surface area contributed by atoms with E-state index in [0.717, 1.165) is 31.9 Å². The number of methoxy groups -OCH3 is 1. The SMILES string of the molecule is COc1cc(N2CCC(N3C[C@@H](C)O[C@@H](C)C3)CC2)ccc1N. The summed E-state index contributed by atoms with van der Waals surface area (Å²) in [4.78, 5) is 5.06. The number of nitrogens with two attached hydrogens (primary N) is 1. The van der Waals surface area contributed by atoms with Gasteiger partial charge in [0.1, 0.15) is 5.75 Å². The minimum Gasteiger partial charge on any atom is -0.495 e. The maximum absolute atomic E-state index is 5.91. The van der Waals surface area contributed by atoms with Gasteiger partial charge in [0.05, 0.1) is 25.0 Å². The Bertz CT molecular complexity index is 519. The second-order valence-electron chi connectivity index (χ2n) is 6.86. The molecule has 0 unspecified atom stereocenters. The molecule has 2 atom stereocenters. The zero-order valence-corrected chi connectivity index (χ0v) is 14.5. The average molecular weight is 319 g/mol. The number of nitrogen functional groups attached to an aromatic ring is 1. The average Bonchev–Trinajstić information content (AvgIpc) is 2.54.